The molecule has 0 unspecified atom stereocenters. The monoisotopic (exact) mass is 277 g/mol. The van der Waals surface area contributed by atoms with E-state index in [2.05, 4.69) is 23.2 Å². The topological polar surface area (TPSA) is 50.9 Å². The molecule has 0 amide bonds. The molecule has 4 nitrogen and oxygen atoms in total. The van der Waals surface area contributed by atoms with Crippen molar-refractivity contribution >= 4 is 0 Å². The predicted octanol–water partition coefficient (Wildman–Crippen LogP) is 2.51. The second-order valence-electron chi connectivity index (χ2n) is 5.20. The molecule has 4 rings (SSSR count). The van der Waals surface area contributed by atoms with Gasteiger partial charge in [0.05, 0.1) is 24.5 Å². The maximum Gasteiger partial charge on any atom is 0.0968 e. The SMILES string of the molecule is OCCn1nc2c(c1-c1cccnc1)Cc1ccccc1-2. The van der Waals surface area contributed by atoms with Gasteiger partial charge in [0.25, 0.3) is 0 Å². The summed E-state index contributed by atoms with van der Waals surface area (Å²) in [5, 5.41) is 14.0. The Balaban J connectivity index is 1.93. The van der Waals surface area contributed by atoms with E-state index in [1.165, 1.54) is 16.7 Å². The molecule has 0 atom stereocenters. The van der Waals surface area contributed by atoms with Gasteiger partial charge in [-0.15, -0.1) is 0 Å². The van der Waals surface area contributed by atoms with Crippen LogP contribution in [-0.4, -0.2) is 26.5 Å². The molecular formula is C17H15N3O. The molecule has 0 saturated carbocycles. The number of hydrogen-bond acceptors (Lipinski definition) is 3. The van der Waals surface area contributed by atoms with E-state index in [0.29, 0.717) is 6.54 Å². The van der Waals surface area contributed by atoms with Crippen LogP contribution < -0.4 is 0 Å². The molecular weight excluding hydrogens is 262 g/mol. The number of aliphatic hydroxyl groups excluding tert-OH is 1. The highest BCUT2D eigenvalue weighted by molar-refractivity contribution is 5.81. The van der Waals surface area contributed by atoms with E-state index < -0.39 is 0 Å². The van der Waals surface area contributed by atoms with Crippen LogP contribution in [0.1, 0.15) is 11.1 Å². The first-order chi connectivity index (χ1) is 10.4. The second kappa shape index (κ2) is 4.82. The van der Waals surface area contributed by atoms with Gasteiger partial charge in [0.1, 0.15) is 0 Å². The molecule has 2 aromatic heterocycles. The molecule has 4 heteroatoms. The van der Waals surface area contributed by atoms with E-state index in [1.807, 2.05) is 29.1 Å². The summed E-state index contributed by atoms with van der Waals surface area (Å²) in [4.78, 5) is 4.21. The molecule has 21 heavy (non-hydrogen) atoms. The van der Waals surface area contributed by atoms with Crippen molar-refractivity contribution < 1.29 is 5.11 Å². The Morgan fingerprint density at radius 1 is 1.14 bits per heavy atom. The third kappa shape index (κ3) is 1.87. The number of pyridine rings is 1. The van der Waals surface area contributed by atoms with Crippen LogP contribution >= 0.6 is 0 Å². The third-order valence-electron chi connectivity index (χ3n) is 3.94. The van der Waals surface area contributed by atoms with Crippen molar-refractivity contribution in [1.82, 2.24) is 14.8 Å². The van der Waals surface area contributed by atoms with Gasteiger partial charge < -0.3 is 5.11 Å². The standard InChI is InChI=1S/C17H15N3O/c21-9-8-20-17(13-5-3-7-18-11-13)15-10-12-4-1-2-6-14(12)16(15)19-20/h1-7,11,21H,8-10H2. The quantitative estimate of drug-likeness (QED) is 0.626. The van der Waals surface area contributed by atoms with Crippen LogP contribution in [0.25, 0.3) is 22.5 Å². The molecule has 0 fully saturated rings. The van der Waals surface area contributed by atoms with E-state index in [1.54, 1.807) is 6.20 Å². The van der Waals surface area contributed by atoms with E-state index in [0.717, 1.165) is 23.4 Å². The fraction of sp³-hybridized carbons (Fsp3) is 0.176. The molecule has 2 heterocycles. The molecule has 0 radical (unpaired) electrons. The van der Waals surface area contributed by atoms with Crippen molar-refractivity contribution in [3.05, 3.63) is 59.9 Å². The lowest BCUT2D eigenvalue weighted by Gasteiger charge is -2.08. The van der Waals surface area contributed by atoms with Gasteiger partial charge in [-0.1, -0.05) is 24.3 Å². The van der Waals surface area contributed by atoms with Crippen LogP contribution in [0.15, 0.2) is 48.8 Å². The molecule has 104 valence electrons. The van der Waals surface area contributed by atoms with Crippen molar-refractivity contribution in [2.75, 3.05) is 6.61 Å². The number of benzene rings is 1. The highest BCUT2D eigenvalue weighted by Crippen LogP contribution is 2.40. The first-order valence-electron chi connectivity index (χ1n) is 7.07. The largest absolute Gasteiger partial charge is 0.394 e. The summed E-state index contributed by atoms with van der Waals surface area (Å²) in [6.07, 6.45) is 4.51. The zero-order valence-electron chi connectivity index (χ0n) is 11.5. The number of rotatable bonds is 3. The molecule has 0 saturated heterocycles. The number of aromatic nitrogens is 3. The summed E-state index contributed by atoms with van der Waals surface area (Å²) < 4.78 is 1.90. The van der Waals surface area contributed by atoms with Crippen LogP contribution in [0, 0.1) is 0 Å². The highest BCUT2D eigenvalue weighted by Gasteiger charge is 2.27. The van der Waals surface area contributed by atoms with Gasteiger partial charge in [0.2, 0.25) is 0 Å². The van der Waals surface area contributed by atoms with Gasteiger partial charge in [-0.05, 0) is 17.7 Å². The third-order valence-corrected chi connectivity index (χ3v) is 3.94. The van der Waals surface area contributed by atoms with Gasteiger partial charge in [0.15, 0.2) is 0 Å². The molecule has 1 aliphatic carbocycles. The molecule has 1 N–H and O–H groups in total. The fourth-order valence-corrected chi connectivity index (χ4v) is 3.06. The number of aliphatic hydroxyl groups is 1. The Morgan fingerprint density at radius 2 is 2.05 bits per heavy atom. The second-order valence-corrected chi connectivity index (χ2v) is 5.20. The van der Waals surface area contributed by atoms with E-state index in [-0.39, 0.29) is 6.61 Å². The van der Waals surface area contributed by atoms with Crippen molar-refractivity contribution in [2.24, 2.45) is 0 Å². The smallest absolute Gasteiger partial charge is 0.0968 e. The minimum absolute atomic E-state index is 0.0788. The van der Waals surface area contributed by atoms with Gasteiger partial charge >= 0.3 is 0 Å². The lowest BCUT2D eigenvalue weighted by molar-refractivity contribution is 0.270. The summed E-state index contributed by atoms with van der Waals surface area (Å²) in [7, 11) is 0. The van der Waals surface area contributed by atoms with Crippen LogP contribution in [0.2, 0.25) is 0 Å². The average molecular weight is 277 g/mol. The Kier molecular flexibility index (Phi) is 2.82. The first kappa shape index (κ1) is 12.3. The zero-order valence-corrected chi connectivity index (χ0v) is 11.5. The zero-order chi connectivity index (χ0) is 14.2. The fourth-order valence-electron chi connectivity index (χ4n) is 3.06. The van der Waals surface area contributed by atoms with Crippen molar-refractivity contribution in [3.8, 4) is 22.5 Å². The molecule has 0 spiro atoms. The lowest BCUT2D eigenvalue weighted by atomic mass is 10.1. The normalized spacial score (nSPS) is 12.2. The average Bonchev–Trinajstić information content (AvgIpc) is 3.04. The van der Waals surface area contributed by atoms with Crippen molar-refractivity contribution in [3.63, 3.8) is 0 Å². The maximum absolute atomic E-state index is 9.30. The van der Waals surface area contributed by atoms with Crippen molar-refractivity contribution in [2.45, 2.75) is 13.0 Å². The van der Waals surface area contributed by atoms with Crippen LogP contribution in [-0.2, 0) is 13.0 Å². The lowest BCUT2D eigenvalue weighted by Crippen LogP contribution is -2.07. The first-order valence-corrected chi connectivity index (χ1v) is 7.07. The van der Waals surface area contributed by atoms with Gasteiger partial charge in [-0.2, -0.15) is 5.10 Å². The minimum Gasteiger partial charge on any atom is -0.394 e. The summed E-state index contributed by atoms with van der Waals surface area (Å²) >= 11 is 0. The summed E-state index contributed by atoms with van der Waals surface area (Å²) in [6, 6.07) is 12.4. The number of nitrogens with zero attached hydrogens (tertiary/aromatic N) is 3. The van der Waals surface area contributed by atoms with Gasteiger partial charge in [0, 0.05) is 35.5 Å². The molecule has 0 bridgehead atoms. The Labute approximate surface area is 122 Å². The minimum atomic E-state index is 0.0788. The number of hydrogen-bond donors (Lipinski definition) is 1. The van der Waals surface area contributed by atoms with E-state index >= 15 is 0 Å². The molecule has 1 aromatic carbocycles. The Hall–Kier alpha value is -2.46. The van der Waals surface area contributed by atoms with E-state index in [4.69, 9.17) is 5.10 Å². The summed E-state index contributed by atoms with van der Waals surface area (Å²) in [5.41, 5.74) is 6.91. The van der Waals surface area contributed by atoms with Crippen LogP contribution in [0.4, 0.5) is 0 Å². The van der Waals surface area contributed by atoms with Crippen molar-refractivity contribution in [1.29, 1.82) is 0 Å². The predicted molar refractivity (Wildman–Crippen MR) is 80.8 cm³/mol. The maximum atomic E-state index is 9.30. The molecule has 3 aromatic rings. The van der Waals surface area contributed by atoms with Gasteiger partial charge in [-0.3, -0.25) is 9.67 Å². The molecule has 1 aliphatic rings. The highest BCUT2D eigenvalue weighted by atomic mass is 16.3. The van der Waals surface area contributed by atoms with Gasteiger partial charge in [-0.25, -0.2) is 0 Å². The van der Waals surface area contributed by atoms with Crippen LogP contribution in [0.5, 0.6) is 0 Å². The summed E-state index contributed by atoms with van der Waals surface area (Å²) in [5.74, 6) is 0. The Morgan fingerprint density at radius 3 is 2.86 bits per heavy atom. The Bertz CT molecular complexity index is 793. The molecule has 0 aliphatic heterocycles. The number of fused-ring (bicyclic) bond motifs is 3. The van der Waals surface area contributed by atoms with E-state index in [9.17, 15) is 5.11 Å². The summed E-state index contributed by atoms with van der Waals surface area (Å²) in [6.45, 7) is 0.578. The van der Waals surface area contributed by atoms with Crippen LogP contribution in [0.3, 0.4) is 0 Å².